The third-order valence-electron chi connectivity index (χ3n) is 8.36. The molecule has 0 aromatic carbocycles. The Morgan fingerprint density at radius 1 is 0.537 bits per heavy atom. The Kier molecular flexibility index (Phi) is 26.9. The van der Waals surface area contributed by atoms with Crippen molar-refractivity contribution in [3.8, 4) is 0 Å². The molecule has 2 unspecified atom stereocenters. The van der Waals surface area contributed by atoms with E-state index in [9.17, 15) is 14.7 Å². The Bertz CT molecular complexity index is 565. The van der Waals surface area contributed by atoms with E-state index in [1.165, 1.54) is 123 Å². The minimum absolute atomic E-state index is 0.0216. The predicted octanol–water partition coefficient (Wildman–Crippen LogP) is 10.0. The number of unbranched alkanes of at least 4 members (excludes halogenated alkanes) is 20. The van der Waals surface area contributed by atoms with Gasteiger partial charge in [0.25, 0.3) is 0 Å². The number of carbonyl (C=O) groups is 2. The lowest BCUT2D eigenvalue weighted by Crippen LogP contribution is -2.50. The molecule has 0 saturated heterocycles. The van der Waals surface area contributed by atoms with Gasteiger partial charge in [-0.2, -0.15) is 0 Å². The van der Waals surface area contributed by atoms with E-state index in [1.807, 2.05) is 13.8 Å². The monoisotopic (exact) mass is 585 g/mol. The van der Waals surface area contributed by atoms with Crippen molar-refractivity contribution in [3.05, 3.63) is 0 Å². The topological polar surface area (TPSA) is 72.8 Å². The zero-order chi connectivity index (χ0) is 30.6. The molecule has 0 spiro atoms. The second-order valence-corrected chi connectivity index (χ2v) is 12.7. The van der Waals surface area contributed by atoms with Crippen LogP contribution in [0.5, 0.6) is 0 Å². The average Bonchev–Trinajstić information content (AvgIpc) is 2.94. The van der Waals surface area contributed by atoms with E-state index >= 15 is 0 Å². The smallest absolute Gasteiger partial charge is 0.375 e. The van der Waals surface area contributed by atoms with E-state index in [0.29, 0.717) is 0 Å². The first-order chi connectivity index (χ1) is 19.8. The molecule has 6 nitrogen and oxygen atoms in total. The van der Waals surface area contributed by atoms with Gasteiger partial charge in [0.15, 0.2) is 13.6 Å². The molecule has 0 aliphatic rings. The number of hydrogen-bond donors (Lipinski definition) is 1. The summed E-state index contributed by atoms with van der Waals surface area (Å²) in [5.41, 5.74) is 0. The van der Waals surface area contributed by atoms with Crippen molar-refractivity contribution in [1.82, 2.24) is 0 Å². The molecule has 0 radical (unpaired) electrons. The molecule has 0 aliphatic carbocycles. The summed E-state index contributed by atoms with van der Waals surface area (Å²) in [4.78, 5) is 36.1. The lowest BCUT2D eigenvalue weighted by molar-refractivity contribution is -1.21. The molecule has 0 bridgehead atoms. The van der Waals surface area contributed by atoms with Crippen LogP contribution >= 0.6 is 0 Å². The Labute approximate surface area is 254 Å². The van der Waals surface area contributed by atoms with Gasteiger partial charge < -0.3 is 5.11 Å². The zero-order valence-electron chi connectivity index (χ0n) is 28.1. The summed E-state index contributed by atoms with van der Waals surface area (Å²) in [7, 11) is 1.54. The fraction of sp³-hybridized carbons (Fsp3) is 0.943. The molecule has 0 aromatic heterocycles. The van der Waals surface area contributed by atoms with E-state index in [2.05, 4.69) is 13.8 Å². The van der Waals surface area contributed by atoms with Crippen LogP contribution in [0.4, 0.5) is 0 Å². The Morgan fingerprint density at radius 2 is 0.805 bits per heavy atom. The second kappa shape index (κ2) is 27.7. The van der Waals surface area contributed by atoms with Crippen molar-refractivity contribution in [1.29, 1.82) is 0 Å². The van der Waals surface area contributed by atoms with E-state index < -0.39 is 4.81 Å². The average molecular weight is 585 g/mol. The molecule has 0 saturated carbocycles. The largest absolute Gasteiger partial charge is 0.390 e. The van der Waals surface area contributed by atoms with Crippen molar-refractivity contribution in [3.63, 3.8) is 0 Å². The molecule has 0 aliphatic heterocycles. The molecule has 0 aromatic rings. The van der Waals surface area contributed by atoms with Crippen molar-refractivity contribution >= 4 is 11.9 Å². The Hall–Kier alpha value is -1.14. The predicted molar refractivity (Wildman–Crippen MR) is 171 cm³/mol. The highest BCUT2D eigenvalue weighted by Crippen LogP contribution is 2.20. The summed E-state index contributed by atoms with van der Waals surface area (Å²) in [6.45, 7) is 8.04. The standard InChI is InChI=1S/C35H70NO5/c1-6-8-10-12-14-16-18-20-22-24-26-28-32(3)34(38)40-36(5,30-31-37)41-35(39)33(4)29-27-25-23-21-19-17-15-13-11-9-7-2/h32-33,37H,6-31H2,1-5H3/q+1. The number of aliphatic hydroxyl groups is 1. The van der Waals surface area contributed by atoms with Gasteiger partial charge in [-0.05, 0) is 12.8 Å². The lowest BCUT2D eigenvalue weighted by Gasteiger charge is -2.28. The molecule has 2 atom stereocenters. The molecule has 0 fully saturated rings. The first kappa shape index (κ1) is 39.9. The van der Waals surface area contributed by atoms with Crippen molar-refractivity contribution in [2.24, 2.45) is 11.8 Å². The molecule has 0 amide bonds. The number of quaternary nitrogens is 1. The number of aliphatic hydroxyl groups excluding tert-OH is 1. The number of rotatable bonds is 30. The molecule has 0 heterocycles. The maximum atomic E-state index is 12.8. The zero-order valence-corrected chi connectivity index (χ0v) is 28.1. The third kappa shape index (κ3) is 24.0. The van der Waals surface area contributed by atoms with E-state index in [-0.39, 0.29) is 36.9 Å². The Morgan fingerprint density at radius 3 is 1.07 bits per heavy atom. The van der Waals surface area contributed by atoms with Gasteiger partial charge in [-0.3, -0.25) is 0 Å². The molecule has 1 N–H and O–H groups in total. The van der Waals surface area contributed by atoms with Gasteiger partial charge in [0.2, 0.25) is 0 Å². The molecule has 6 heteroatoms. The summed E-state index contributed by atoms with van der Waals surface area (Å²) in [5, 5.41) is 9.54. The van der Waals surface area contributed by atoms with Crippen LogP contribution in [0.15, 0.2) is 0 Å². The Balaban J connectivity index is 4.13. The van der Waals surface area contributed by atoms with Crippen LogP contribution < -0.4 is 0 Å². The van der Waals surface area contributed by atoms with Crippen LogP contribution in [0.1, 0.15) is 182 Å². The van der Waals surface area contributed by atoms with Crippen LogP contribution in [0.2, 0.25) is 0 Å². The van der Waals surface area contributed by atoms with Gasteiger partial charge in [-0.25, -0.2) is 19.3 Å². The molecular formula is C35H70NO5+. The van der Waals surface area contributed by atoms with Gasteiger partial charge in [0.1, 0.15) is 6.61 Å². The fourth-order valence-corrected chi connectivity index (χ4v) is 5.32. The van der Waals surface area contributed by atoms with Crippen molar-refractivity contribution in [2.75, 3.05) is 20.2 Å². The SMILES string of the molecule is CCCCCCCCCCCCCC(C)C(=O)O[N+](C)(CCO)OC(=O)C(C)CCCCCCCCCCCCC. The quantitative estimate of drug-likeness (QED) is 0.0516. The first-order valence-corrected chi connectivity index (χ1v) is 17.7. The summed E-state index contributed by atoms with van der Waals surface area (Å²) < 4.78 is 0. The maximum absolute atomic E-state index is 12.8. The normalized spacial score (nSPS) is 14.4. The summed E-state index contributed by atoms with van der Waals surface area (Å²) in [5.74, 6) is -1.29. The number of likely N-dealkylation sites (N-methyl/N-ethyl adjacent to an activating group) is 1. The van der Waals surface area contributed by atoms with Gasteiger partial charge in [0.05, 0.1) is 11.8 Å². The maximum Gasteiger partial charge on any atom is 0.375 e. The highest BCUT2D eigenvalue weighted by atomic mass is 17.0. The van der Waals surface area contributed by atoms with E-state index in [1.54, 1.807) is 0 Å². The van der Waals surface area contributed by atoms with Gasteiger partial charge in [-0.15, -0.1) is 0 Å². The van der Waals surface area contributed by atoms with Gasteiger partial charge in [0, 0.05) is 4.81 Å². The molecule has 244 valence electrons. The summed E-state index contributed by atoms with van der Waals surface area (Å²) in [6, 6.07) is 0. The van der Waals surface area contributed by atoms with Crippen LogP contribution in [-0.4, -0.2) is 42.1 Å². The van der Waals surface area contributed by atoms with Crippen molar-refractivity contribution in [2.45, 2.75) is 182 Å². The first-order valence-electron chi connectivity index (χ1n) is 17.7. The highest BCUT2D eigenvalue weighted by Gasteiger charge is 2.36. The number of hydrogen-bond acceptors (Lipinski definition) is 5. The number of hydroxylamine groups is 4. The third-order valence-corrected chi connectivity index (χ3v) is 8.36. The molecule has 0 rings (SSSR count). The minimum Gasteiger partial charge on any atom is -0.390 e. The molecular weight excluding hydrogens is 514 g/mol. The fourth-order valence-electron chi connectivity index (χ4n) is 5.32. The van der Waals surface area contributed by atoms with Gasteiger partial charge >= 0.3 is 11.9 Å². The number of nitrogens with zero attached hydrogens (tertiary/aromatic N) is 1. The van der Waals surface area contributed by atoms with Crippen LogP contribution in [0, 0.1) is 11.8 Å². The van der Waals surface area contributed by atoms with Gasteiger partial charge in [-0.1, -0.05) is 169 Å². The van der Waals surface area contributed by atoms with Crippen LogP contribution in [-0.2, 0) is 19.3 Å². The lowest BCUT2D eigenvalue weighted by atomic mass is 10.0. The number of carbonyl (C=O) groups excluding carboxylic acids is 2. The summed E-state index contributed by atoms with van der Waals surface area (Å²) in [6.07, 6.45) is 29.5. The van der Waals surface area contributed by atoms with Crippen LogP contribution in [0.3, 0.4) is 0 Å². The van der Waals surface area contributed by atoms with Crippen molar-refractivity contribution < 1.29 is 29.2 Å². The van der Waals surface area contributed by atoms with Crippen LogP contribution in [0.25, 0.3) is 0 Å². The second-order valence-electron chi connectivity index (χ2n) is 12.7. The highest BCUT2D eigenvalue weighted by molar-refractivity contribution is 5.72. The minimum atomic E-state index is -0.653. The molecule has 41 heavy (non-hydrogen) atoms. The summed E-state index contributed by atoms with van der Waals surface area (Å²) >= 11 is 0. The van der Waals surface area contributed by atoms with E-state index in [0.717, 1.165) is 38.5 Å². The van der Waals surface area contributed by atoms with E-state index in [4.69, 9.17) is 9.68 Å².